The first-order valence-electron chi connectivity index (χ1n) is 13.4. The second kappa shape index (κ2) is 10.0. The van der Waals surface area contributed by atoms with Crippen molar-refractivity contribution in [3.63, 3.8) is 0 Å². The summed E-state index contributed by atoms with van der Waals surface area (Å²) in [5.41, 5.74) is 2.94. The molecule has 3 aliphatic rings. The van der Waals surface area contributed by atoms with Crippen molar-refractivity contribution < 1.29 is 19.0 Å². The Morgan fingerprint density at radius 1 is 1.08 bits per heavy atom. The van der Waals surface area contributed by atoms with Gasteiger partial charge in [0, 0.05) is 54.9 Å². The van der Waals surface area contributed by atoms with Crippen LogP contribution in [0.5, 0.6) is 5.75 Å². The smallest absolute Gasteiger partial charge is 0.274 e. The standard InChI is InChI=1S/C28H28BrN5O5/c29-19-9-18-1-5-33(25(18)30-12-19)28(36)20-10-21-22(11-24(20)39-15-16-2-6-38-14-16)34-23(27(35)32-21)13-31-26(34)17-3-7-37-8-4-17/h9-13,16-17H,1-8,14-15H2,(H,32,35). The van der Waals surface area contributed by atoms with Gasteiger partial charge in [-0.3, -0.25) is 18.9 Å². The largest absolute Gasteiger partial charge is 0.492 e. The lowest BCUT2D eigenvalue weighted by Crippen LogP contribution is -2.30. The number of nitrogens with zero attached hydrogens (tertiary/aromatic N) is 4. The van der Waals surface area contributed by atoms with Gasteiger partial charge in [-0.25, -0.2) is 9.97 Å². The van der Waals surface area contributed by atoms with Gasteiger partial charge in [0.25, 0.3) is 11.5 Å². The molecule has 0 radical (unpaired) electrons. The summed E-state index contributed by atoms with van der Waals surface area (Å²) in [6.45, 7) is 3.66. The SMILES string of the molecule is O=C(c1cc2[nH]c(=O)c3cnc(C4CCOCC4)n3c2cc1OCC1CCOC1)N1CCc2cc(Br)cnc21. The van der Waals surface area contributed by atoms with Crippen LogP contribution in [0.1, 0.15) is 46.9 Å². The molecule has 3 aromatic heterocycles. The molecule has 7 rings (SSSR count). The Hall–Kier alpha value is -3.28. The molecule has 6 heterocycles. The molecule has 1 amide bonds. The third kappa shape index (κ3) is 4.42. The van der Waals surface area contributed by atoms with Gasteiger partial charge in [-0.05, 0) is 59.3 Å². The van der Waals surface area contributed by atoms with Crippen LogP contribution in [-0.4, -0.2) is 64.8 Å². The van der Waals surface area contributed by atoms with Crippen molar-refractivity contribution in [1.82, 2.24) is 19.4 Å². The number of carbonyl (C=O) groups excluding carboxylic acids is 1. The number of nitrogens with one attached hydrogen (secondary N) is 1. The topological polar surface area (TPSA) is 111 Å². The molecule has 10 nitrogen and oxygen atoms in total. The maximum Gasteiger partial charge on any atom is 0.274 e. The lowest BCUT2D eigenvalue weighted by Gasteiger charge is -2.22. The Kier molecular flexibility index (Phi) is 6.37. The van der Waals surface area contributed by atoms with Crippen molar-refractivity contribution in [3.8, 4) is 5.75 Å². The van der Waals surface area contributed by atoms with Crippen molar-refractivity contribution >= 4 is 44.2 Å². The number of fused-ring (bicyclic) bond motifs is 4. The van der Waals surface area contributed by atoms with E-state index >= 15 is 0 Å². The van der Waals surface area contributed by atoms with Gasteiger partial charge in [0.2, 0.25) is 0 Å². The van der Waals surface area contributed by atoms with Crippen LogP contribution in [0.15, 0.2) is 39.9 Å². The summed E-state index contributed by atoms with van der Waals surface area (Å²) in [5.74, 6) is 2.20. The Bertz CT molecular complexity index is 1640. The van der Waals surface area contributed by atoms with E-state index in [0.29, 0.717) is 67.7 Å². The minimum Gasteiger partial charge on any atom is -0.492 e. The van der Waals surface area contributed by atoms with E-state index in [2.05, 4.69) is 30.9 Å². The first-order chi connectivity index (χ1) is 19.1. The Morgan fingerprint density at radius 3 is 2.74 bits per heavy atom. The van der Waals surface area contributed by atoms with E-state index < -0.39 is 0 Å². The molecule has 0 bridgehead atoms. The van der Waals surface area contributed by atoms with E-state index in [-0.39, 0.29) is 23.3 Å². The molecule has 1 unspecified atom stereocenters. The predicted octanol–water partition coefficient (Wildman–Crippen LogP) is 3.85. The molecule has 0 spiro atoms. The number of rotatable bonds is 5. The fourth-order valence-electron chi connectivity index (χ4n) is 5.86. The normalized spacial score (nSPS) is 19.7. The van der Waals surface area contributed by atoms with Gasteiger partial charge in [0.05, 0.1) is 36.0 Å². The minimum absolute atomic E-state index is 0.180. The van der Waals surface area contributed by atoms with Gasteiger partial charge < -0.3 is 19.2 Å². The Labute approximate surface area is 232 Å². The van der Waals surface area contributed by atoms with Gasteiger partial charge in [0.1, 0.15) is 22.9 Å². The number of H-pyrrole nitrogens is 1. The molecular formula is C28H28BrN5O5. The van der Waals surface area contributed by atoms with Crippen LogP contribution in [-0.2, 0) is 15.9 Å². The molecule has 202 valence electrons. The molecule has 2 fully saturated rings. The van der Waals surface area contributed by atoms with E-state index in [9.17, 15) is 9.59 Å². The van der Waals surface area contributed by atoms with Crippen LogP contribution in [0.3, 0.4) is 0 Å². The summed E-state index contributed by atoms with van der Waals surface area (Å²) < 4.78 is 20.3. The number of aromatic nitrogens is 4. The summed E-state index contributed by atoms with van der Waals surface area (Å²) in [5, 5.41) is 0. The Morgan fingerprint density at radius 2 is 1.92 bits per heavy atom. The molecule has 11 heteroatoms. The van der Waals surface area contributed by atoms with Gasteiger partial charge in [-0.15, -0.1) is 0 Å². The van der Waals surface area contributed by atoms with Crippen molar-refractivity contribution in [2.45, 2.75) is 31.6 Å². The van der Waals surface area contributed by atoms with Crippen LogP contribution >= 0.6 is 15.9 Å². The second-order valence-electron chi connectivity index (χ2n) is 10.4. The molecule has 0 saturated carbocycles. The number of hydrogen-bond acceptors (Lipinski definition) is 7. The van der Waals surface area contributed by atoms with Crippen LogP contribution < -0.4 is 15.2 Å². The van der Waals surface area contributed by atoms with E-state index in [4.69, 9.17) is 14.2 Å². The van der Waals surface area contributed by atoms with Crippen molar-refractivity contribution in [1.29, 1.82) is 0 Å². The number of aromatic amines is 1. The minimum atomic E-state index is -0.249. The second-order valence-corrected chi connectivity index (χ2v) is 11.3. The highest BCUT2D eigenvalue weighted by Crippen LogP contribution is 2.34. The van der Waals surface area contributed by atoms with Gasteiger partial charge >= 0.3 is 0 Å². The number of imidazole rings is 1. The van der Waals surface area contributed by atoms with E-state index in [1.54, 1.807) is 23.4 Å². The van der Waals surface area contributed by atoms with Gasteiger partial charge in [-0.2, -0.15) is 0 Å². The number of pyridine rings is 1. The van der Waals surface area contributed by atoms with Gasteiger partial charge in [-0.1, -0.05) is 0 Å². The third-order valence-electron chi connectivity index (χ3n) is 7.94. The fourth-order valence-corrected chi connectivity index (χ4v) is 6.23. The summed E-state index contributed by atoms with van der Waals surface area (Å²) in [4.78, 5) is 41.0. The molecule has 3 aliphatic heterocycles. The molecule has 1 N–H and O–H groups in total. The highest BCUT2D eigenvalue weighted by atomic mass is 79.9. The molecule has 0 aliphatic carbocycles. The maximum absolute atomic E-state index is 14.0. The molecule has 2 saturated heterocycles. The number of benzene rings is 1. The van der Waals surface area contributed by atoms with Crippen molar-refractivity contribution in [2.24, 2.45) is 5.92 Å². The number of hydrogen-bond donors (Lipinski definition) is 1. The molecule has 1 aromatic carbocycles. The zero-order valence-corrected chi connectivity index (χ0v) is 22.9. The van der Waals surface area contributed by atoms with Crippen molar-refractivity contribution in [3.05, 3.63) is 62.4 Å². The maximum atomic E-state index is 14.0. The summed E-state index contributed by atoms with van der Waals surface area (Å²) in [7, 11) is 0. The lowest BCUT2D eigenvalue weighted by molar-refractivity contribution is 0.0835. The van der Waals surface area contributed by atoms with Crippen LogP contribution in [0, 0.1) is 5.92 Å². The number of anilines is 1. The highest BCUT2D eigenvalue weighted by Gasteiger charge is 2.31. The average molecular weight is 594 g/mol. The van der Waals surface area contributed by atoms with Crippen LogP contribution in [0.25, 0.3) is 16.6 Å². The average Bonchev–Trinajstić information content (AvgIpc) is 3.72. The number of amides is 1. The predicted molar refractivity (Wildman–Crippen MR) is 148 cm³/mol. The number of ether oxygens (including phenoxy) is 3. The molecule has 39 heavy (non-hydrogen) atoms. The number of halogens is 1. The van der Waals surface area contributed by atoms with E-state index in [0.717, 1.165) is 47.1 Å². The fraction of sp³-hybridized carbons (Fsp3) is 0.429. The van der Waals surface area contributed by atoms with Crippen LogP contribution in [0.2, 0.25) is 0 Å². The molecular weight excluding hydrogens is 566 g/mol. The van der Waals surface area contributed by atoms with E-state index in [1.165, 1.54) is 0 Å². The summed E-state index contributed by atoms with van der Waals surface area (Å²) in [6.07, 6.45) is 6.65. The molecule has 4 aromatic rings. The first-order valence-corrected chi connectivity index (χ1v) is 14.2. The first kappa shape index (κ1) is 24.7. The van der Waals surface area contributed by atoms with Crippen molar-refractivity contribution in [2.75, 3.05) is 44.5 Å². The van der Waals surface area contributed by atoms with E-state index in [1.807, 2.05) is 16.5 Å². The van der Waals surface area contributed by atoms with Crippen LogP contribution in [0.4, 0.5) is 5.82 Å². The zero-order chi connectivity index (χ0) is 26.5. The summed E-state index contributed by atoms with van der Waals surface area (Å²) >= 11 is 3.47. The zero-order valence-electron chi connectivity index (χ0n) is 21.3. The number of carbonyl (C=O) groups is 1. The lowest BCUT2D eigenvalue weighted by atomic mass is 9.99. The third-order valence-corrected chi connectivity index (χ3v) is 8.37. The quantitative estimate of drug-likeness (QED) is 0.374. The van der Waals surface area contributed by atoms with Gasteiger partial charge in [0.15, 0.2) is 0 Å². The highest BCUT2D eigenvalue weighted by molar-refractivity contribution is 9.10. The summed E-state index contributed by atoms with van der Waals surface area (Å²) in [6, 6.07) is 5.61. The Balaban J connectivity index is 1.36. The monoisotopic (exact) mass is 593 g/mol. The molecule has 1 atom stereocenters.